The van der Waals surface area contributed by atoms with Gasteiger partial charge in [0.1, 0.15) is 0 Å². The van der Waals surface area contributed by atoms with E-state index in [1.54, 1.807) is 12.1 Å². The zero-order valence-electron chi connectivity index (χ0n) is 9.33. The van der Waals surface area contributed by atoms with Gasteiger partial charge >= 0.3 is 0 Å². The van der Waals surface area contributed by atoms with Crippen molar-refractivity contribution in [1.82, 2.24) is 4.90 Å². The van der Waals surface area contributed by atoms with Gasteiger partial charge < -0.3 is 10.6 Å². The fourth-order valence-corrected chi connectivity index (χ4v) is 2.78. The minimum Gasteiger partial charge on any atom is -0.334 e. The number of nitrogens with zero attached hydrogens (tertiary/aromatic N) is 1. The molecule has 2 N–H and O–H groups in total. The van der Waals surface area contributed by atoms with Crippen LogP contribution in [0.4, 0.5) is 0 Å². The first-order valence-electron chi connectivity index (χ1n) is 5.59. The summed E-state index contributed by atoms with van der Waals surface area (Å²) in [6.45, 7) is 1.34. The summed E-state index contributed by atoms with van der Waals surface area (Å²) in [7, 11) is 0. The average molecular weight is 365 g/mol. The average Bonchev–Trinajstić information content (AvgIpc) is 2.80. The number of rotatable bonds is 2. The Labute approximate surface area is 119 Å². The number of hydrogen-bond donors (Lipinski definition) is 1. The molecule has 0 spiro atoms. The van der Waals surface area contributed by atoms with E-state index in [0.29, 0.717) is 17.1 Å². The van der Waals surface area contributed by atoms with E-state index in [1.807, 2.05) is 11.0 Å². The lowest BCUT2D eigenvalue weighted by molar-refractivity contribution is 0.0741. The molecule has 92 valence electrons. The van der Waals surface area contributed by atoms with Gasteiger partial charge in [0.05, 0.1) is 5.02 Å². The molecule has 0 aliphatic carbocycles. The quantitative estimate of drug-likeness (QED) is 0.820. The van der Waals surface area contributed by atoms with Gasteiger partial charge in [0.2, 0.25) is 0 Å². The zero-order chi connectivity index (χ0) is 12.4. The lowest BCUT2D eigenvalue weighted by Gasteiger charge is -2.23. The molecule has 0 aromatic heterocycles. The van der Waals surface area contributed by atoms with Crippen molar-refractivity contribution in [3.63, 3.8) is 0 Å². The van der Waals surface area contributed by atoms with Gasteiger partial charge in [-0.1, -0.05) is 11.6 Å². The van der Waals surface area contributed by atoms with E-state index in [4.69, 9.17) is 17.3 Å². The molecular weight excluding hydrogens is 351 g/mol. The van der Waals surface area contributed by atoms with Crippen LogP contribution in [0, 0.1) is 3.57 Å². The summed E-state index contributed by atoms with van der Waals surface area (Å²) in [6, 6.07) is 5.57. The maximum absolute atomic E-state index is 12.3. The van der Waals surface area contributed by atoms with Crippen molar-refractivity contribution in [2.24, 2.45) is 5.73 Å². The highest BCUT2D eigenvalue weighted by Gasteiger charge is 2.28. The molecular formula is C12H14ClIN2O. The van der Waals surface area contributed by atoms with Gasteiger partial charge in [-0.05, 0) is 53.6 Å². The Balaban J connectivity index is 2.21. The normalized spacial score (nSPS) is 19.7. The number of carbonyl (C=O) groups is 1. The third kappa shape index (κ3) is 2.74. The lowest BCUT2D eigenvalue weighted by Crippen LogP contribution is -2.39. The minimum absolute atomic E-state index is 0.0625. The predicted octanol–water partition coefficient (Wildman–Crippen LogP) is 2.51. The van der Waals surface area contributed by atoms with Gasteiger partial charge in [0.15, 0.2) is 0 Å². The highest BCUT2D eigenvalue weighted by atomic mass is 127. The molecule has 1 aliphatic heterocycles. The van der Waals surface area contributed by atoms with E-state index in [9.17, 15) is 4.79 Å². The summed E-state index contributed by atoms with van der Waals surface area (Å²) in [6.07, 6.45) is 2.05. The number of nitrogens with two attached hydrogens (primary N) is 1. The van der Waals surface area contributed by atoms with E-state index in [-0.39, 0.29) is 11.9 Å². The summed E-state index contributed by atoms with van der Waals surface area (Å²) in [5.74, 6) is 0.0625. The van der Waals surface area contributed by atoms with E-state index in [2.05, 4.69) is 22.6 Å². The molecule has 1 heterocycles. The molecule has 1 atom stereocenters. The van der Waals surface area contributed by atoms with Gasteiger partial charge in [-0.2, -0.15) is 0 Å². The second-order valence-corrected chi connectivity index (χ2v) is 5.73. The Morgan fingerprint density at radius 2 is 2.35 bits per heavy atom. The summed E-state index contributed by atoms with van der Waals surface area (Å²) in [5, 5.41) is 0.680. The SMILES string of the molecule is NCC1CCCN1C(=O)c1ccc(Cl)c(I)c1. The van der Waals surface area contributed by atoms with E-state index in [0.717, 1.165) is 23.0 Å². The van der Waals surface area contributed by atoms with E-state index < -0.39 is 0 Å². The van der Waals surface area contributed by atoms with Crippen LogP contribution in [0.3, 0.4) is 0 Å². The Morgan fingerprint density at radius 3 is 3.00 bits per heavy atom. The number of likely N-dealkylation sites (tertiary alicyclic amines) is 1. The molecule has 0 saturated carbocycles. The van der Waals surface area contributed by atoms with E-state index >= 15 is 0 Å². The molecule has 3 nitrogen and oxygen atoms in total. The molecule has 1 unspecified atom stereocenters. The van der Waals surface area contributed by atoms with Crippen molar-refractivity contribution < 1.29 is 4.79 Å². The van der Waals surface area contributed by atoms with Crippen molar-refractivity contribution in [2.75, 3.05) is 13.1 Å². The fraction of sp³-hybridized carbons (Fsp3) is 0.417. The van der Waals surface area contributed by atoms with Crippen LogP contribution in [0.25, 0.3) is 0 Å². The minimum atomic E-state index is 0.0625. The van der Waals surface area contributed by atoms with Crippen LogP contribution >= 0.6 is 34.2 Å². The second kappa shape index (κ2) is 5.54. The summed E-state index contributed by atoms with van der Waals surface area (Å²) in [4.78, 5) is 14.2. The van der Waals surface area contributed by atoms with Crippen LogP contribution in [-0.4, -0.2) is 29.9 Å². The topological polar surface area (TPSA) is 46.3 Å². The van der Waals surface area contributed by atoms with Crippen molar-refractivity contribution in [3.8, 4) is 0 Å². The van der Waals surface area contributed by atoms with Crippen molar-refractivity contribution in [3.05, 3.63) is 32.4 Å². The Hall–Kier alpha value is -0.330. The number of amides is 1. The van der Waals surface area contributed by atoms with Crippen LogP contribution in [0.5, 0.6) is 0 Å². The number of hydrogen-bond acceptors (Lipinski definition) is 2. The molecule has 1 amide bonds. The lowest BCUT2D eigenvalue weighted by atomic mass is 10.1. The smallest absolute Gasteiger partial charge is 0.254 e. The first-order chi connectivity index (χ1) is 8.13. The third-order valence-electron chi connectivity index (χ3n) is 3.08. The van der Waals surface area contributed by atoms with Crippen molar-refractivity contribution >= 4 is 40.1 Å². The highest BCUT2D eigenvalue weighted by Crippen LogP contribution is 2.23. The molecule has 2 rings (SSSR count). The maximum atomic E-state index is 12.3. The molecule has 1 aliphatic rings. The summed E-state index contributed by atoms with van der Waals surface area (Å²) >= 11 is 8.08. The molecule has 0 bridgehead atoms. The van der Waals surface area contributed by atoms with Crippen LogP contribution in [0.15, 0.2) is 18.2 Å². The number of benzene rings is 1. The molecule has 0 radical (unpaired) electrons. The molecule has 5 heteroatoms. The van der Waals surface area contributed by atoms with Crippen LogP contribution in [-0.2, 0) is 0 Å². The standard InChI is InChI=1S/C12H14ClIN2O/c13-10-4-3-8(6-11(10)14)12(17)16-5-1-2-9(16)7-15/h3-4,6,9H,1-2,5,7,15H2. The molecule has 1 aromatic carbocycles. The second-order valence-electron chi connectivity index (χ2n) is 4.16. The Morgan fingerprint density at radius 1 is 1.59 bits per heavy atom. The number of carbonyl (C=O) groups excluding carboxylic acids is 1. The first kappa shape index (κ1) is 13.1. The molecule has 1 saturated heterocycles. The maximum Gasteiger partial charge on any atom is 0.254 e. The Bertz CT molecular complexity index is 439. The largest absolute Gasteiger partial charge is 0.334 e. The van der Waals surface area contributed by atoms with Gasteiger partial charge in [-0.15, -0.1) is 0 Å². The molecule has 1 fully saturated rings. The van der Waals surface area contributed by atoms with Crippen LogP contribution < -0.4 is 5.73 Å². The van der Waals surface area contributed by atoms with Crippen molar-refractivity contribution in [1.29, 1.82) is 0 Å². The Kier molecular flexibility index (Phi) is 4.27. The summed E-state index contributed by atoms with van der Waals surface area (Å²) < 4.78 is 0.901. The fourth-order valence-electron chi connectivity index (χ4n) is 2.14. The monoisotopic (exact) mass is 364 g/mol. The first-order valence-corrected chi connectivity index (χ1v) is 7.05. The molecule has 17 heavy (non-hydrogen) atoms. The van der Waals surface area contributed by atoms with Gasteiger partial charge in [0.25, 0.3) is 5.91 Å². The van der Waals surface area contributed by atoms with E-state index in [1.165, 1.54) is 0 Å². The molecule has 1 aromatic rings. The number of halogens is 2. The van der Waals surface area contributed by atoms with Crippen LogP contribution in [0.1, 0.15) is 23.2 Å². The summed E-state index contributed by atoms with van der Waals surface area (Å²) in [5.41, 5.74) is 6.37. The van der Waals surface area contributed by atoms with Gasteiger partial charge in [-0.3, -0.25) is 4.79 Å². The van der Waals surface area contributed by atoms with Crippen LogP contribution in [0.2, 0.25) is 5.02 Å². The zero-order valence-corrected chi connectivity index (χ0v) is 12.2. The van der Waals surface area contributed by atoms with Gasteiger partial charge in [0, 0.05) is 28.3 Å². The van der Waals surface area contributed by atoms with Crippen molar-refractivity contribution in [2.45, 2.75) is 18.9 Å². The predicted molar refractivity (Wildman–Crippen MR) is 77.3 cm³/mol. The van der Waals surface area contributed by atoms with Gasteiger partial charge in [-0.25, -0.2) is 0 Å². The highest BCUT2D eigenvalue weighted by molar-refractivity contribution is 14.1. The third-order valence-corrected chi connectivity index (χ3v) is 4.62.